The summed E-state index contributed by atoms with van der Waals surface area (Å²) >= 11 is 3.18. The first-order chi connectivity index (χ1) is 8.97. The van der Waals surface area contributed by atoms with Gasteiger partial charge < -0.3 is 10.4 Å². The van der Waals surface area contributed by atoms with Crippen LogP contribution in [0.15, 0.2) is 34.8 Å². The fourth-order valence-electron chi connectivity index (χ4n) is 1.91. The summed E-state index contributed by atoms with van der Waals surface area (Å²) in [5.74, 6) is -2.44. The Morgan fingerprint density at radius 1 is 1.37 bits per heavy atom. The van der Waals surface area contributed by atoms with Gasteiger partial charge in [-0.15, -0.1) is 0 Å². The lowest BCUT2D eigenvalue weighted by Gasteiger charge is -2.13. The molecule has 0 radical (unpaired) electrons. The highest BCUT2D eigenvalue weighted by Crippen LogP contribution is 2.21. The molecule has 2 unspecified atom stereocenters. The maximum absolute atomic E-state index is 13.1. The SMILES string of the molecule is O=C(NC1C=CC(C(=O)O)C1)c1cc(F)ccc1Br. The van der Waals surface area contributed by atoms with Gasteiger partial charge in [-0.1, -0.05) is 12.2 Å². The van der Waals surface area contributed by atoms with Crippen molar-refractivity contribution in [3.8, 4) is 0 Å². The molecule has 6 heteroatoms. The number of amides is 1. The Labute approximate surface area is 117 Å². The summed E-state index contributed by atoms with van der Waals surface area (Å²) in [4.78, 5) is 22.7. The highest BCUT2D eigenvalue weighted by atomic mass is 79.9. The fraction of sp³-hybridized carbons (Fsp3) is 0.231. The number of carbonyl (C=O) groups is 2. The Balaban J connectivity index is 2.05. The third-order valence-corrected chi connectivity index (χ3v) is 3.58. The van der Waals surface area contributed by atoms with Crippen LogP contribution in [0.25, 0.3) is 0 Å². The second-order valence-corrected chi connectivity index (χ2v) is 5.12. The topological polar surface area (TPSA) is 66.4 Å². The van der Waals surface area contributed by atoms with Crippen LogP contribution in [-0.4, -0.2) is 23.0 Å². The quantitative estimate of drug-likeness (QED) is 0.837. The molecule has 0 saturated heterocycles. The fourth-order valence-corrected chi connectivity index (χ4v) is 2.33. The Morgan fingerprint density at radius 2 is 2.11 bits per heavy atom. The van der Waals surface area contributed by atoms with Crippen LogP contribution in [0.5, 0.6) is 0 Å². The first-order valence-electron chi connectivity index (χ1n) is 5.64. The van der Waals surface area contributed by atoms with Crippen LogP contribution in [0, 0.1) is 11.7 Å². The highest BCUT2D eigenvalue weighted by Gasteiger charge is 2.26. The summed E-state index contributed by atoms with van der Waals surface area (Å²) in [5, 5.41) is 11.5. The Morgan fingerprint density at radius 3 is 2.74 bits per heavy atom. The maximum atomic E-state index is 13.1. The molecule has 19 heavy (non-hydrogen) atoms. The molecule has 2 rings (SSSR count). The van der Waals surface area contributed by atoms with Gasteiger partial charge >= 0.3 is 5.97 Å². The maximum Gasteiger partial charge on any atom is 0.310 e. The average molecular weight is 328 g/mol. The minimum absolute atomic E-state index is 0.187. The van der Waals surface area contributed by atoms with Gasteiger partial charge in [-0.25, -0.2) is 4.39 Å². The van der Waals surface area contributed by atoms with E-state index in [0.717, 1.165) is 6.07 Å². The molecule has 0 fully saturated rings. The largest absolute Gasteiger partial charge is 0.481 e. The van der Waals surface area contributed by atoms with Gasteiger partial charge in [-0.05, 0) is 40.5 Å². The van der Waals surface area contributed by atoms with Crippen molar-refractivity contribution in [2.75, 3.05) is 0 Å². The molecule has 1 amide bonds. The molecule has 2 N–H and O–H groups in total. The molecular weight excluding hydrogens is 317 g/mol. The number of carboxylic acids is 1. The van der Waals surface area contributed by atoms with Crippen LogP contribution in [0.2, 0.25) is 0 Å². The summed E-state index contributed by atoms with van der Waals surface area (Å²) < 4.78 is 13.6. The van der Waals surface area contributed by atoms with Crippen LogP contribution in [-0.2, 0) is 4.79 Å². The van der Waals surface area contributed by atoms with Crippen LogP contribution < -0.4 is 5.32 Å². The number of halogens is 2. The monoisotopic (exact) mass is 327 g/mol. The number of hydrogen-bond acceptors (Lipinski definition) is 2. The molecule has 4 nitrogen and oxygen atoms in total. The first kappa shape index (κ1) is 13.7. The lowest BCUT2D eigenvalue weighted by molar-refractivity contribution is -0.140. The van der Waals surface area contributed by atoms with Gasteiger partial charge in [0.05, 0.1) is 11.5 Å². The smallest absolute Gasteiger partial charge is 0.310 e. The highest BCUT2D eigenvalue weighted by molar-refractivity contribution is 9.10. The van der Waals surface area contributed by atoms with E-state index in [0.29, 0.717) is 10.9 Å². The van der Waals surface area contributed by atoms with Gasteiger partial charge in [0, 0.05) is 10.5 Å². The summed E-state index contributed by atoms with van der Waals surface area (Å²) in [5.41, 5.74) is 0.187. The molecule has 0 aliphatic heterocycles. The van der Waals surface area contributed by atoms with Crippen molar-refractivity contribution in [1.82, 2.24) is 5.32 Å². The van der Waals surface area contributed by atoms with Gasteiger partial charge in [0.15, 0.2) is 0 Å². The van der Waals surface area contributed by atoms with E-state index in [1.54, 1.807) is 12.2 Å². The summed E-state index contributed by atoms with van der Waals surface area (Å²) in [6.45, 7) is 0. The van der Waals surface area contributed by atoms with E-state index in [1.807, 2.05) is 0 Å². The van der Waals surface area contributed by atoms with E-state index in [4.69, 9.17) is 5.11 Å². The second-order valence-electron chi connectivity index (χ2n) is 4.27. The van der Waals surface area contributed by atoms with Gasteiger partial charge in [0.2, 0.25) is 0 Å². The van der Waals surface area contributed by atoms with Crippen molar-refractivity contribution in [1.29, 1.82) is 0 Å². The number of benzene rings is 1. The minimum Gasteiger partial charge on any atom is -0.481 e. The molecule has 0 saturated carbocycles. The van der Waals surface area contributed by atoms with Crippen molar-refractivity contribution in [3.05, 3.63) is 46.2 Å². The van der Waals surface area contributed by atoms with Gasteiger partial charge in [0.25, 0.3) is 5.91 Å². The van der Waals surface area contributed by atoms with Gasteiger partial charge in [-0.2, -0.15) is 0 Å². The van der Waals surface area contributed by atoms with Crippen LogP contribution in [0.3, 0.4) is 0 Å². The number of carboxylic acid groups (broad SMARTS) is 1. The van der Waals surface area contributed by atoms with E-state index < -0.39 is 23.6 Å². The zero-order valence-electron chi connectivity index (χ0n) is 9.77. The number of nitrogens with one attached hydrogen (secondary N) is 1. The second kappa shape index (κ2) is 5.52. The third-order valence-electron chi connectivity index (χ3n) is 2.89. The summed E-state index contributed by atoms with van der Waals surface area (Å²) in [7, 11) is 0. The average Bonchev–Trinajstić information content (AvgIpc) is 2.80. The number of carbonyl (C=O) groups excluding carboxylic acids is 1. The molecule has 100 valence electrons. The predicted molar refractivity (Wildman–Crippen MR) is 70.2 cm³/mol. The predicted octanol–water partition coefficient (Wildman–Crippen LogP) is 2.35. The van der Waals surface area contributed by atoms with E-state index in [-0.39, 0.29) is 11.6 Å². The van der Waals surface area contributed by atoms with Crippen molar-refractivity contribution < 1.29 is 19.1 Å². The zero-order chi connectivity index (χ0) is 14.0. The molecule has 1 aliphatic carbocycles. The standard InChI is InChI=1S/C13H11BrFNO3/c14-11-4-2-8(15)6-10(11)12(17)16-9-3-1-7(5-9)13(18)19/h1-4,6-7,9H,5H2,(H,16,17)(H,18,19). The Bertz CT molecular complexity index is 559. The molecule has 1 aromatic rings. The molecule has 1 aliphatic rings. The molecule has 0 spiro atoms. The zero-order valence-corrected chi connectivity index (χ0v) is 11.4. The molecule has 0 heterocycles. The van der Waals surface area contributed by atoms with E-state index in [2.05, 4.69) is 21.2 Å². The van der Waals surface area contributed by atoms with Crippen LogP contribution >= 0.6 is 15.9 Å². The molecule has 0 aromatic heterocycles. The summed E-state index contributed by atoms with van der Waals surface area (Å²) in [6.07, 6.45) is 3.51. The molecule has 0 bridgehead atoms. The number of rotatable bonds is 3. The van der Waals surface area contributed by atoms with E-state index in [1.165, 1.54) is 12.1 Å². The Kier molecular flexibility index (Phi) is 3.99. The summed E-state index contributed by atoms with van der Waals surface area (Å²) in [6, 6.07) is 3.49. The Hall–Kier alpha value is -1.69. The lowest BCUT2D eigenvalue weighted by Crippen LogP contribution is -2.33. The van der Waals surface area contributed by atoms with Crippen molar-refractivity contribution in [2.24, 2.45) is 5.92 Å². The third kappa shape index (κ3) is 3.20. The van der Waals surface area contributed by atoms with Crippen molar-refractivity contribution >= 4 is 27.8 Å². The first-order valence-corrected chi connectivity index (χ1v) is 6.43. The molecular formula is C13H11BrFNO3. The number of aliphatic carboxylic acids is 1. The van der Waals surface area contributed by atoms with Crippen LogP contribution in [0.4, 0.5) is 4.39 Å². The minimum atomic E-state index is -0.917. The normalized spacial score (nSPS) is 21.4. The molecule has 2 atom stereocenters. The number of hydrogen-bond donors (Lipinski definition) is 2. The van der Waals surface area contributed by atoms with E-state index >= 15 is 0 Å². The van der Waals surface area contributed by atoms with E-state index in [9.17, 15) is 14.0 Å². The van der Waals surface area contributed by atoms with Crippen molar-refractivity contribution in [3.63, 3.8) is 0 Å². The molecule has 1 aromatic carbocycles. The van der Waals surface area contributed by atoms with Crippen LogP contribution in [0.1, 0.15) is 16.8 Å². The van der Waals surface area contributed by atoms with Gasteiger partial charge in [0.1, 0.15) is 5.82 Å². The van der Waals surface area contributed by atoms with Gasteiger partial charge in [-0.3, -0.25) is 9.59 Å². The van der Waals surface area contributed by atoms with Crippen molar-refractivity contribution in [2.45, 2.75) is 12.5 Å². The lowest BCUT2D eigenvalue weighted by atomic mass is 10.1.